The third-order valence-corrected chi connectivity index (χ3v) is 3.62. The zero-order chi connectivity index (χ0) is 16.1. The molecule has 1 atom stereocenters. The molecule has 116 valence electrons. The summed E-state index contributed by atoms with van der Waals surface area (Å²) in [5, 5.41) is 3.67. The molecule has 0 saturated heterocycles. The Hall–Kier alpha value is -1.78. The molecule has 1 aromatic heterocycles. The second-order valence-corrected chi connectivity index (χ2v) is 5.59. The SMILES string of the molecule is CC[C@H](Oc1cc(Cl)ccc1Cl)C(=O)Nc1ncccc1C. The number of amides is 1. The standard InChI is InChI=1S/C16H16Cl2N2O2/c1-3-13(22-14-9-11(17)6-7-12(14)18)16(21)20-15-10(2)5-4-8-19-15/h4-9,13H,3H2,1-2H3,(H,19,20,21)/t13-/m0/s1. The fraction of sp³-hybridized carbons (Fsp3) is 0.250. The van der Waals surface area contributed by atoms with Gasteiger partial charge in [0.25, 0.3) is 5.91 Å². The van der Waals surface area contributed by atoms with E-state index in [0.29, 0.717) is 28.0 Å². The van der Waals surface area contributed by atoms with Gasteiger partial charge in [-0.05, 0) is 37.1 Å². The summed E-state index contributed by atoms with van der Waals surface area (Å²) in [4.78, 5) is 16.5. The lowest BCUT2D eigenvalue weighted by atomic mass is 10.2. The lowest BCUT2D eigenvalue weighted by Gasteiger charge is -2.18. The quantitative estimate of drug-likeness (QED) is 0.873. The van der Waals surface area contributed by atoms with E-state index in [4.69, 9.17) is 27.9 Å². The molecule has 2 rings (SSSR count). The second kappa shape index (κ2) is 7.47. The van der Waals surface area contributed by atoms with Crippen LogP contribution in [0.1, 0.15) is 18.9 Å². The molecular weight excluding hydrogens is 323 g/mol. The van der Waals surface area contributed by atoms with Crippen molar-refractivity contribution in [1.82, 2.24) is 4.98 Å². The third-order valence-electron chi connectivity index (χ3n) is 3.08. The Kier molecular flexibility index (Phi) is 5.63. The normalized spacial score (nSPS) is 11.8. The fourth-order valence-electron chi connectivity index (χ4n) is 1.86. The van der Waals surface area contributed by atoms with E-state index in [2.05, 4.69) is 10.3 Å². The molecule has 0 fully saturated rings. The van der Waals surface area contributed by atoms with Crippen molar-refractivity contribution in [2.45, 2.75) is 26.4 Å². The van der Waals surface area contributed by atoms with Crippen molar-refractivity contribution in [2.75, 3.05) is 5.32 Å². The van der Waals surface area contributed by atoms with E-state index in [1.807, 2.05) is 26.0 Å². The van der Waals surface area contributed by atoms with Crippen LogP contribution in [0.3, 0.4) is 0 Å². The lowest BCUT2D eigenvalue weighted by Crippen LogP contribution is -2.33. The van der Waals surface area contributed by atoms with Crippen LogP contribution in [0.4, 0.5) is 5.82 Å². The van der Waals surface area contributed by atoms with Gasteiger partial charge in [0, 0.05) is 17.3 Å². The molecule has 0 unspecified atom stereocenters. The summed E-state index contributed by atoms with van der Waals surface area (Å²) in [5.41, 5.74) is 0.881. The highest BCUT2D eigenvalue weighted by molar-refractivity contribution is 6.34. The number of carbonyl (C=O) groups excluding carboxylic acids is 1. The molecule has 0 aliphatic rings. The Morgan fingerprint density at radius 1 is 1.36 bits per heavy atom. The van der Waals surface area contributed by atoms with Gasteiger partial charge in [-0.25, -0.2) is 4.98 Å². The van der Waals surface area contributed by atoms with Crippen molar-refractivity contribution in [3.63, 3.8) is 0 Å². The Morgan fingerprint density at radius 3 is 2.82 bits per heavy atom. The van der Waals surface area contributed by atoms with Crippen molar-refractivity contribution in [3.8, 4) is 5.75 Å². The van der Waals surface area contributed by atoms with Gasteiger partial charge in [-0.15, -0.1) is 0 Å². The first kappa shape index (κ1) is 16.6. The maximum Gasteiger partial charge on any atom is 0.266 e. The second-order valence-electron chi connectivity index (χ2n) is 4.75. The summed E-state index contributed by atoms with van der Waals surface area (Å²) in [6.45, 7) is 3.73. The van der Waals surface area contributed by atoms with E-state index in [1.165, 1.54) is 0 Å². The van der Waals surface area contributed by atoms with Gasteiger partial charge in [0.15, 0.2) is 6.10 Å². The number of ether oxygens (including phenoxy) is 1. The van der Waals surface area contributed by atoms with E-state index in [9.17, 15) is 4.79 Å². The number of hydrogen-bond acceptors (Lipinski definition) is 3. The molecular formula is C16H16Cl2N2O2. The number of carbonyl (C=O) groups is 1. The number of benzene rings is 1. The molecule has 0 radical (unpaired) electrons. The van der Waals surface area contributed by atoms with Crippen LogP contribution in [-0.4, -0.2) is 17.0 Å². The highest BCUT2D eigenvalue weighted by atomic mass is 35.5. The number of aromatic nitrogens is 1. The largest absolute Gasteiger partial charge is 0.479 e. The van der Waals surface area contributed by atoms with Gasteiger partial charge in [-0.1, -0.05) is 36.2 Å². The molecule has 1 amide bonds. The molecule has 1 heterocycles. The van der Waals surface area contributed by atoms with Gasteiger partial charge in [0.1, 0.15) is 11.6 Å². The highest BCUT2D eigenvalue weighted by Gasteiger charge is 2.20. The monoisotopic (exact) mass is 338 g/mol. The molecule has 22 heavy (non-hydrogen) atoms. The van der Waals surface area contributed by atoms with Crippen LogP contribution in [0.15, 0.2) is 36.5 Å². The van der Waals surface area contributed by atoms with E-state index in [1.54, 1.807) is 24.4 Å². The molecule has 0 spiro atoms. The Labute approximate surface area is 139 Å². The molecule has 6 heteroatoms. The number of pyridine rings is 1. The van der Waals surface area contributed by atoms with Crippen LogP contribution in [0.5, 0.6) is 5.75 Å². The number of halogens is 2. The predicted octanol–water partition coefficient (Wildman–Crippen LogP) is 4.49. The minimum absolute atomic E-state index is 0.277. The van der Waals surface area contributed by atoms with Gasteiger partial charge in [0.05, 0.1) is 5.02 Å². The lowest BCUT2D eigenvalue weighted by molar-refractivity contribution is -0.122. The van der Waals surface area contributed by atoms with Gasteiger partial charge in [0.2, 0.25) is 0 Å². The van der Waals surface area contributed by atoms with Crippen molar-refractivity contribution in [1.29, 1.82) is 0 Å². The van der Waals surface area contributed by atoms with Gasteiger partial charge >= 0.3 is 0 Å². The summed E-state index contributed by atoms with van der Waals surface area (Å²) in [5.74, 6) is 0.626. The molecule has 4 nitrogen and oxygen atoms in total. The van der Waals surface area contributed by atoms with Crippen LogP contribution < -0.4 is 10.1 Å². The topological polar surface area (TPSA) is 51.2 Å². The fourth-order valence-corrected chi connectivity index (χ4v) is 2.18. The van der Waals surface area contributed by atoms with Gasteiger partial charge in [-0.2, -0.15) is 0 Å². The molecule has 1 aromatic carbocycles. The van der Waals surface area contributed by atoms with Crippen LogP contribution >= 0.6 is 23.2 Å². The van der Waals surface area contributed by atoms with Crippen LogP contribution in [0, 0.1) is 6.92 Å². The van der Waals surface area contributed by atoms with Gasteiger partial charge in [-0.3, -0.25) is 4.79 Å². The molecule has 0 aliphatic carbocycles. The first-order valence-electron chi connectivity index (χ1n) is 6.85. The van der Waals surface area contributed by atoms with Gasteiger partial charge < -0.3 is 10.1 Å². The summed E-state index contributed by atoms with van der Waals surface area (Å²) in [6, 6.07) is 8.57. The first-order valence-corrected chi connectivity index (χ1v) is 7.61. The minimum Gasteiger partial charge on any atom is -0.479 e. The minimum atomic E-state index is -0.683. The molecule has 2 aromatic rings. The Balaban J connectivity index is 2.12. The van der Waals surface area contributed by atoms with Crippen molar-refractivity contribution in [2.24, 2.45) is 0 Å². The van der Waals surface area contributed by atoms with Crippen LogP contribution in [-0.2, 0) is 4.79 Å². The highest BCUT2D eigenvalue weighted by Crippen LogP contribution is 2.29. The third kappa shape index (κ3) is 4.12. The average Bonchev–Trinajstić information content (AvgIpc) is 2.50. The number of rotatable bonds is 5. The zero-order valence-corrected chi connectivity index (χ0v) is 13.8. The maximum absolute atomic E-state index is 12.3. The van der Waals surface area contributed by atoms with Crippen molar-refractivity contribution >= 4 is 34.9 Å². The average molecular weight is 339 g/mol. The zero-order valence-electron chi connectivity index (χ0n) is 12.3. The van der Waals surface area contributed by atoms with Crippen LogP contribution in [0.25, 0.3) is 0 Å². The molecule has 0 bridgehead atoms. The summed E-state index contributed by atoms with van der Waals surface area (Å²) in [7, 11) is 0. The first-order chi connectivity index (χ1) is 10.5. The number of nitrogens with one attached hydrogen (secondary N) is 1. The number of nitrogens with zero attached hydrogens (tertiary/aromatic N) is 1. The Morgan fingerprint density at radius 2 is 2.14 bits per heavy atom. The Bertz CT molecular complexity index is 677. The number of anilines is 1. The molecule has 0 saturated carbocycles. The summed E-state index contributed by atoms with van der Waals surface area (Å²) in [6.07, 6.45) is 1.43. The summed E-state index contributed by atoms with van der Waals surface area (Å²) >= 11 is 12.0. The number of aryl methyl sites for hydroxylation is 1. The van der Waals surface area contributed by atoms with Crippen LogP contribution in [0.2, 0.25) is 10.0 Å². The summed E-state index contributed by atoms with van der Waals surface area (Å²) < 4.78 is 5.69. The predicted molar refractivity (Wildman–Crippen MR) is 88.8 cm³/mol. The van der Waals surface area contributed by atoms with E-state index < -0.39 is 6.10 Å². The smallest absolute Gasteiger partial charge is 0.266 e. The number of hydrogen-bond donors (Lipinski definition) is 1. The maximum atomic E-state index is 12.3. The van der Waals surface area contributed by atoms with Crippen molar-refractivity contribution < 1.29 is 9.53 Å². The van der Waals surface area contributed by atoms with E-state index in [-0.39, 0.29) is 5.91 Å². The molecule has 0 aliphatic heterocycles. The molecule has 1 N–H and O–H groups in total. The van der Waals surface area contributed by atoms with E-state index in [0.717, 1.165) is 5.56 Å². The van der Waals surface area contributed by atoms with E-state index >= 15 is 0 Å². The van der Waals surface area contributed by atoms with Crippen molar-refractivity contribution in [3.05, 3.63) is 52.1 Å².